The summed E-state index contributed by atoms with van der Waals surface area (Å²) in [5.41, 5.74) is 4.88. The van der Waals surface area contributed by atoms with Crippen molar-refractivity contribution < 1.29 is 14.6 Å². The second-order valence-electron chi connectivity index (χ2n) is 5.74. The lowest BCUT2D eigenvalue weighted by Crippen LogP contribution is -1.92. The van der Waals surface area contributed by atoms with E-state index in [1.807, 2.05) is 37.3 Å². The number of aromatic nitrogens is 1. The summed E-state index contributed by atoms with van der Waals surface area (Å²) >= 11 is 1.40. The third kappa shape index (κ3) is 3.20. The summed E-state index contributed by atoms with van der Waals surface area (Å²) in [5, 5.41) is 10.5. The predicted molar refractivity (Wildman–Crippen MR) is 102 cm³/mol. The third-order valence-corrected chi connectivity index (χ3v) is 5.24. The number of hydrogen-bond acceptors (Lipinski definition) is 5. The molecular formula is C20H21NO3S. The van der Waals surface area contributed by atoms with E-state index in [9.17, 15) is 5.11 Å². The molecule has 1 N–H and O–H groups in total. The monoisotopic (exact) mass is 355 g/mol. The molecule has 130 valence electrons. The fraction of sp³-hybridized carbons (Fsp3) is 0.250. The molecule has 0 spiro atoms. The zero-order valence-corrected chi connectivity index (χ0v) is 15.6. The fourth-order valence-corrected chi connectivity index (χ4v) is 3.85. The number of hydrogen-bond donors (Lipinski definition) is 1. The highest BCUT2D eigenvalue weighted by Gasteiger charge is 2.19. The summed E-state index contributed by atoms with van der Waals surface area (Å²) in [6.45, 7) is 4.06. The van der Waals surface area contributed by atoms with Crippen molar-refractivity contribution in [2.24, 2.45) is 0 Å². The van der Waals surface area contributed by atoms with Gasteiger partial charge in [0.25, 0.3) is 0 Å². The van der Waals surface area contributed by atoms with Gasteiger partial charge in [-0.15, -0.1) is 0 Å². The quantitative estimate of drug-likeness (QED) is 0.694. The lowest BCUT2D eigenvalue weighted by Gasteiger charge is -2.12. The number of aromatic hydroxyl groups is 1. The summed E-state index contributed by atoms with van der Waals surface area (Å²) in [6.07, 6.45) is 0.826. The molecule has 0 radical (unpaired) electrons. The van der Waals surface area contributed by atoms with E-state index in [0.29, 0.717) is 5.75 Å². The number of nitrogens with zero attached hydrogens (tertiary/aromatic N) is 1. The van der Waals surface area contributed by atoms with Gasteiger partial charge in [0.05, 0.1) is 24.8 Å². The lowest BCUT2D eigenvalue weighted by molar-refractivity contribution is 0.403. The molecule has 25 heavy (non-hydrogen) atoms. The number of benzene rings is 2. The summed E-state index contributed by atoms with van der Waals surface area (Å²) in [4.78, 5) is 0.956. The van der Waals surface area contributed by atoms with E-state index in [1.54, 1.807) is 20.3 Å². The van der Waals surface area contributed by atoms with Gasteiger partial charge in [-0.05, 0) is 54.2 Å². The van der Waals surface area contributed by atoms with Crippen LogP contribution in [0.3, 0.4) is 0 Å². The largest absolute Gasteiger partial charge is 0.507 e. The number of rotatable bonds is 5. The van der Waals surface area contributed by atoms with Crippen molar-refractivity contribution >= 4 is 11.5 Å². The number of phenolic OH excluding ortho intramolecular Hbond substituents is 1. The van der Waals surface area contributed by atoms with Crippen molar-refractivity contribution in [3.8, 4) is 38.8 Å². The SMILES string of the molecule is CCc1cc(-c2snc(C)c2-c2ccc(OC)cc2)c(O)cc1OC. The summed E-state index contributed by atoms with van der Waals surface area (Å²) in [7, 11) is 3.27. The normalized spacial score (nSPS) is 10.7. The number of ether oxygens (including phenoxy) is 2. The second kappa shape index (κ2) is 7.15. The molecule has 3 aromatic rings. The van der Waals surface area contributed by atoms with Crippen molar-refractivity contribution in [3.63, 3.8) is 0 Å². The Morgan fingerprint density at radius 1 is 1.08 bits per heavy atom. The molecule has 0 amide bonds. The molecular weight excluding hydrogens is 334 g/mol. The van der Waals surface area contributed by atoms with Crippen LogP contribution in [0.5, 0.6) is 17.2 Å². The fourth-order valence-electron chi connectivity index (χ4n) is 2.91. The van der Waals surface area contributed by atoms with Gasteiger partial charge in [-0.1, -0.05) is 19.1 Å². The van der Waals surface area contributed by atoms with Crippen molar-refractivity contribution in [2.45, 2.75) is 20.3 Å². The molecule has 5 heteroatoms. The maximum atomic E-state index is 10.5. The van der Waals surface area contributed by atoms with Crippen LogP contribution < -0.4 is 9.47 Å². The molecule has 2 aromatic carbocycles. The minimum atomic E-state index is 0.201. The van der Waals surface area contributed by atoms with Gasteiger partial charge in [0, 0.05) is 17.2 Å². The van der Waals surface area contributed by atoms with Crippen LogP contribution in [0.15, 0.2) is 36.4 Å². The lowest BCUT2D eigenvalue weighted by atomic mass is 9.98. The molecule has 0 bridgehead atoms. The smallest absolute Gasteiger partial charge is 0.128 e. The van der Waals surface area contributed by atoms with Crippen molar-refractivity contribution in [2.75, 3.05) is 14.2 Å². The molecule has 0 aliphatic heterocycles. The zero-order chi connectivity index (χ0) is 18.0. The molecule has 3 rings (SSSR count). The second-order valence-corrected chi connectivity index (χ2v) is 6.51. The Morgan fingerprint density at radius 2 is 1.80 bits per heavy atom. The van der Waals surface area contributed by atoms with Gasteiger partial charge >= 0.3 is 0 Å². The van der Waals surface area contributed by atoms with Crippen molar-refractivity contribution in [1.82, 2.24) is 4.37 Å². The van der Waals surface area contributed by atoms with Gasteiger partial charge in [0.2, 0.25) is 0 Å². The van der Waals surface area contributed by atoms with Gasteiger partial charge in [-0.25, -0.2) is 0 Å². The van der Waals surface area contributed by atoms with E-state index < -0.39 is 0 Å². The number of phenols is 1. The Balaban J connectivity index is 2.16. The Bertz CT molecular complexity index is 885. The average Bonchev–Trinajstić information content (AvgIpc) is 3.02. The van der Waals surface area contributed by atoms with E-state index in [2.05, 4.69) is 11.3 Å². The van der Waals surface area contributed by atoms with Crippen LogP contribution >= 0.6 is 11.5 Å². The molecule has 0 fully saturated rings. The highest BCUT2D eigenvalue weighted by molar-refractivity contribution is 7.10. The van der Waals surface area contributed by atoms with E-state index in [4.69, 9.17) is 9.47 Å². The molecule has 1 heterocycles. The van der Waals surface area contributed by atoms with Crippen LogP contribution in [0.2, 0.25) is 0 Å². The standard InChI is InChI=1S/C20H21NO3S/c1-5-13-10-16(17(22)11-18(13)24-4)20-19(12(2)21-25-20)14-6-8-15(23-3)9-7-14/h6-11,22H,5H2,1-4H3. The van der Waals surface area contributed by atoms with Gasteiger partial charge in [0.15, 0.2) is 0 Å². The summed E-state index contributed by atoms with van der Waals surface area (Å²) < 4.78 is 15.1. The first kappa shape index (κ1) is 17.3. The Hall–Kier alpha value is -2.53. The van der Waals surface area contributed by atoms with E-state index in [0.717, 1.165) is 45.0 Å². The van der Waals surface area contributed by atoms with Gasteiger partial charge in [-0.2, -0.15) is 4.37 Å². The van der Waals surface area contributed by atoms with Crippen LogP contribution in [-0.4, -0.2) is 23.7 Å². The van der Waals surface area contributed by atoms with E-state index in [1.165, 1.54) is 11.5 Å². The molecule has 0 aliphatic carbocycles. The van der Waals surface area contributed by atoms with Gasteiger partial charge in [-0.3, -0.25) is 0 Å². The molecule has 4 nitrogen and oxygen atoms in total. The zero-order valence-electron chi connectivity index (χ0n) is 14.8. The molecule has 0 saturated heterocycles. The maximum Gasteiger partial charge on any atom is 0.128 e. The van der Waals surface area contributed by atoms with Crippen LogP contribution in [-0.2, 0) is 6.42 Å². The van der Waals surface area contributed by atoms with Gasteiger partial charge in [0.1, 0.15) is 17.2 Å². The highest BCUT2D eigenvalue weighted by atomic mass is 32.1. The van der Waals surface area contributed by atoms with E-state index in [-0.39, 0.29) is 5.75 Å². The first-order valence-corrected chi connectivity index (χ1v) is 8.87. The maximum absolute atomic E-state index is 10.5. The Morgan fingerprint density at radius 3 is 2.40 bits per heavy atom. The minimum Gasteiger partial charge on any atom is -0.507 e. The van der Waals surface area contributed by atoms with Crippen LogP contribution in [0.1, 0.15) is 18.2 Å². The Labute approximate surface area is 151 Å². The number of methoxy groups -OCH3 is 2. The van der Waals surface area contributed by atoms with Crippen LogP contribution in [0.4, 0.5) is 0 Å². The third-order valence-electron chi connectivity index (χ3n) is 4.27. The van der Waals surface area contributed by atoms with Crippen LogP contribution in [0, 0.1) is 6.92 Å². The summed E-state index contributed by atoms with van der Waals surface area (Å²) in [6, 6.07) is 11.6. The molecule has 0 unspecified atom stereocenters. The van der Waals surface area contributed by atoms with Gasteiger partial charge < -0.3 is 14.6 Å². The average molecular weight is 355 g/mol. The molecule has 0 saturated carbocycles. The van der Waals surface area contributed by atoms with Crippen molar-refractivity contribution in [3.05, 3.63) is 47.7 Å². The number of aryl methyl sites for hydroxylation is 2. The minimum absolute atomic E-state index is 0.201. The Kier molecular flexibility index (Phi) is 4.95. The molecule has 1 aromatic heterocycles. The molecule has 0 atom stereocenters. The van der Waals surface area contributed by atoms with Crippen molar-refractivity contribution in [1.29, 1.82) is 0 Å². The van der Waals surface area contributed by atoms with Crippen LogP contribution in [0.25, 0.3) is 21.6 Å². The predicted octanol–water partition coefficient (Wildman–Crippen LogP) is 5.07. The summed E-state index contributed by atoms with van der Waals surface area (Å²) in [5.74, 6) is 1.72. The van der Waals surface area contributed by atoms with E-state index >= 15 is 0 Å². The molecule has 0 aliphatic rings. The highest BCUT2D eigenvalue weighted by Crippen LogP contribution is 2.44. The first-order chi connectivity index (χ1) is 12.1. The first-order valence-electron chi connectivity index (χ1n) is 8.10. The topological polar surface area (TPSA) is 51.6 Å².